The van der Waals surface area contributed by atoms with Crippen molar-refractivity contribution in [1.29, 1.82) is 0 Å². The van der Waals surface area contributed by atoms with E-state index in [0.717, 1.165) is 6.07 Å². The van der Waals surface area contributed by atoms with E-state index >= 15 is 0 Å². The van der Waals surface area contributed by atoms with Crippen LogP contribution in [0.2, 0.25) is 0 Å². The number of benzene rings is 1. The molecule has 1 aliphatic heterocycles. The number of carboxylic acid groups (broad SMARTS) is 1. The first kappa shape index (κ1) is 20.4. The first-order valence-electron chi connectivity index (χ1n) is 7.81. The SMILES string of the molecule is O=C(O)C1CN(C(=O)CCNc2ccc(C(F)(F)F)cc2[N+](=O)[O-])CCO1. The molecule has 0 saturated carbocycles. The van der Waals surface area contributed by atoms with Crippen LogP contribution in [-0.4, -0.2) is 59.2 Å². The number of alkyl halides is 3. The lowest BCUT2D eigenvalue weighted by atomic mass is 10.1. The van der Waals surface area contributed by atoms with E-state index in [1.807, 2.05) is 0 Å². The molecule has 0 aliphatic carbocycles. The summed E-state index contributed by atoms with van der Waals surface area (Å²) < 4.78 is 43.0. The van der Waals surface area contributed by atoms with E-state index in [9.17, 15) is 32.9 Å². The topological polar surface area (TPSA) is 122 Å². The van der Waals surface area contributed by atoms with Crippen LogP contribution in [0, 0.1) is 10.1 Å². The van der Waals surface area contributed by atoms with Crippen LogP contribution in [-0.2, 0) is 20.5 Å². The molecule has 12 heteroatoms. The number of carbonyl (C=O) groups excluding carboxylic acids is 1. The van der Waals surface area contributed by atoms with Gasteiger partial charge in [0.2, 0.25) is 5.91 Å². The number of nitro groups is 1. The number of carboxylic acids is 1. The smallest absolute Gasteiger partial charge is 0.416 e. The van der Waals surface area contributed by atoms with Gasteiger partial charge in [0.15, 0.2) is 6.10 Å². The summed E-state index contributed by atoms with van der Waals surface area (Å²) in [7, 11) is 0. The fourth-order valence-electron chi connectivity index (χ4n) is 2.50. The van der Waals surface area contributed by atoms with Crippen molar-refractivity contribution in [1.82, 2.24) is 4.90 Å². The zero-order chi connectivity index (χ0) is 20.2. The van der Waals surface area contributed by atoms with Crippen molar-refractivity contribution in [2.45, 2.75) is 18.7 Å². The average molecular weight is 391 g/mol. The maximum atomic E-state index is 12.7. The molecule has 2 rings (SSSR count). The summed E-state index contributed by atoms with van der Waals surface area (Å²) in [5.41, 5.74) is -2.05. The average Bonchev–Trinajstić information content (AvgIpc) is 2.60. The Kier molecular flexibility index (Phi) is 6.20. The van der Waals surface area contributed by atoms with Crippen molar-refractivity contribution in [2.24, 2.45) is 0 Å². The molecular weight excluding hydrogens is 375 g/mol. The van der Waals surface area contributed by atoms with Gasteiger partial charge in [0.25, 0.3) is 5.69 Å². The van der Waals surface area contributed by atoms with Crippen molar-refractivity contribution in [3.05, 3.63) is 33.9 Å². The number of anilines is 1. The fraction of sp³-hybridized carbons (Fsp3) is 0.467. The van der Waals surface area contributed by atoms with Crippen LogP contribution in [0.15, 0.2) is 18.2 Å². The molecule has 1 aromatic carbocycles. The molecule has 1 unspecified atom stereocenters. The second-order valence-electron chi connectivity index (χ2n) is 5.70. The number of nitro benzene ring substituents is 1. The van der Waals surface area contributed by atoms with Gasteiger partial charge in [0.05, 0.1) is 23.6 Å². The third-order valence-corrected chi connectivity index (χ3v) is 3.87. The summed E-state index contributed by atoms with van der Waals surface area (Å²) in [6, 6.07) is 2.06. The van der Waals surface area contributed by atoms with Gasteiger partial charge >= 0.3 is 12.1 Å². The standard InChI is InChI=1S/C15H16F3N3O6/c16-15(17,18)9-1-2-10(11(7-9)21(25)26)19-4-3-13(22)20-5-6-27-12(8-20)14(23)24/h1-2,7,12,19H,3-6,8H2,(H,23,24). The Morgan fingerprint density at radius 3 is 2.70 bits per heavy atom. The highest BCUT2D eigenvalue weighted by atomic mass is 19.4. The van der Waals surface area contributed by atoms with Gasteiger partial charge in [0.1, 0.15) is 5.69 Å². The largest absolute Gasteiger partial charge is 0.479 e. The molecule has 27 heavy (non-hydrogen) atoms. The molecule has 0 bridgehead atoms. The molecule has 1 atom stereocenters. The van der Waals surface area contributed by atoms with Crippen LogP contribution in [0.25, 0.3) is 0 Å². The number of hydrogen-bond donors (Lipinski definition) is 2. The number of halogens is 3. The van der Waals surface area contributed by atoms with Crippen molar-refractivity contribution in [3.63, 3.8) is 0 Å². The lowest BCUT2D eigenvalue weighted by molar-refractivity contribution is -0.384. The van der Waals surface area contributed by atoms with Crippen LogP contribution < -0.4 is 5.32 Å². The Balaban J connectivity index is 1.97. The van der Waals surface area contributed by atoms with Crippen molar-refractivity contribution in [2.75, 3.05) is 31.6 Å². The molecule has 0 aromatic heterocycles. The van der Waals surface area contributed by atoms with Crippen LogP contribution >= 0.6 is 0 Å². The van der Waals surface area contributed by atoms with Gasteiger partial charge in [-0.3, -0.25) is 14.9 Å². The second kappa shape index (κ2) is 8.20. The van der Waals surface area contributed by atoms with Gasteiger partial charge in [-0.1, -0.05) is 0 Å². The van der Waals surface area contributed by atoms with Crippen molar-refractivity contribution in [3.8, 4) is 0 Å². The van der Waals surface area contributed by atoms with Gasteiger partial charge in [-0.2, -0.15) is 13.2 Å². The Bertz CT molecular complexity index is 740. The van der Waals surface area contributed by atoms with E-state index in [2.05, 4.69) is 5.32 Å². The summed E-state index contributed by atoms with van der Waals surface area (Å²) in [6.45, 7) is 0.0955. The van der Waals surface area contributed by atoms with Crippen LogP contribution in [0.3, 0.4) is 0 Å². The monoisotopic (exact) mass is 391 g/mol. The number of ether oxygens (including phenoxy) is 1. The molecule has 0 spiro atoms. The first-order valence-corrected chi connectivity index (χ1v) is 7.81. The lowest BCUT2D eigenvalue weighted by Crippen LogP contribution is -2.48. The number of morpholine rings is 1. The number of nitrogens with one attached hydrogen (secondary N) is 1. The predicted molar refractivity (Wildman–Crippen MR) is 85.2 cm³/mol. The van der Waals surface area contributed by atoms with Crippen molar-refractivity contribution < 1.29 is 37.5 Å². The number of carbonyl (C=O) groups is 2. The highest BCUT2D eigenvalue weighted by molar-refractivity contribution is 5.79. The van der Waals surface area contributed by atoms with Crippen LogP contribution in [0.4, 0.5) is 24.5 Å². The number of aliphatic carboxylic acids is 1. The fourth-order valence-corrected chi connectivity index (χ4v) is 2.50. The summed E-state index contributed by atoms with van der Waals surface area (Å²) in [5.74, 6) is -1.59. The molecule has 2 N–H and O–H groups in total. The van der Waals surface area contributed by atoms with E-state index in [4.69, 9.17) is 9.84 Å². The molecule has 1 aliphatic rings. The minimum absolute atomic E-state index is 0.0693. The molecule has 0 radical (unpaired) electrons. The minimum Gasteiger partial charge on any atom is -0.479 e. The molecule has 9 nitrogen and oxygen atoms in total. The van der Waals surface area contributed by atoms with E-state index in [1.165, 1.54) is 4.90 Å². The predicted octanol–water partition coefficient (Wildman–Crippen LogP) is 1.73. The third-order valence-electron chi connectivity index (χ3n) is 3.87. The highest BCUT2D eigenvalue weighted by Gasteiger charge is 2.33. The lowest BCUT2D eigenvalue weighted by Gasteiger charge is -2.31. The molecule has 1 saturated heterocycles. The molecule has 1 aromatic rings. The Morgan fingerprint density at radius 2 is 2.11 bits per heavy atom. The maximum absolute atomic E-state index is 12.7. The molecule has 1 amide bonds. The molecular formula is C15H16F3N3O6. The summed E-state index contributed by atoms with van der Waals surface area (Å²) >= 11 is 0. The summed E-state index contributed by atoms with van der Waals surface area (Å²) in [6.07, 6.45) is -5.95. The number of nitrogens with zero attached hydrogens (tertiary/aromatic N) is 2. The molecule has 1 fully saturated rings. The van der Waals surface area contributed by atoms with Gasteiger partial charge in [0, 0.05) is 25.6 Å². The van der Waals surface area contributed by atoms with E-state index in [1.54, 1.807) is 0 Å². The van der Waals surface area contributed by atoms with Gasteiger partial charge in [-0.15, -0.1) is 0 Å². The Labute approximate surface area is 150 Å². The number of amides is 1. The molecule has 148 valence electrons. The van der Waals surface area contributed by atoms with E-state index < -0.39 is 40.3 Å². The quantitative estimate of drug-likeness (QED) is 0.559. The maximum Gasteiger partial charge on any atom is 0.416 e. The van der Waals surface area contributed by atoms with Crippen LogP contribution in [0.5, 0.6) is 0 Å². The van der Waals surface area contributed by atoms with Gasteiger partial charge in [-0.05, 0) is 12.1 Å². The van der Waals surface area contributed by atoms with E-state index in [0.29, 0.717) is 12.1 Å². The second-order valence-corrected chi connectivity index (χ2v) is 5.70. The third kappa shape index (κ3) is 5.29. The normalized spacial score (nSPS) is 17.4. The Hall–Kier alpha value is -2.89. The number of hydrogen-bond acceptors (Lipinski definition) is 6. The Morgan fingerprint density at radius 1 is 1.41 bits per heavy atom. The van der Waals surface area contributed by atoms with E-state index in [-0.39, 0.29) is 38.3 Å². The van der Waals surface area contributed by atoms with Gasteiger partial charge in [-0.25, -0.2) is 4.79 Å². The summed E-state index contributed by atoms with van der Waals surface area (Å²) in [5, 5.41) is 22.5. The minimum atomic E-state index is -4.71. The molecule has 1 heterocycles. The highest BCUT2D eigenvalue weighted by Crippen LogP contribution is 2.34. The zero-order valence-electron chi connectivity index (χ0n) is 13.9. The summed E-state index contributed by atoms with van der Waals surface area (Å²) in [4.78, 5) is 34.4. The number of rotatable bonds is 6. The van der Waals surface area contributed by atoms with Crippen LogP contribution in [0.1, 0.15) is 12.0 Å². The zero-order valence-corrected chi connectivity index (χ0v) is 13.9. The van der Waals surface area contributed by atoms with Gasteiger partial charge < -0.3 is 20.1 Å². The first-order chi connectivity index (χ1) is 12.6. The van der Waals surface area contributed by atoms with Crippen molar-refractivity contribution >= 4 is 23.3 Å².